The van der Waals surface area contributed by atoms with Crippen LogP contribution in [0.5, 0.6) is 0 Å². The fourth-order valence-electron chi connectivity index (χ4n) is 3.40. The molecule has 1 aromatic rings. The van der Waals surface area contributed by atoms with Crippen molar-refractivity contribution in [2.75, 3.05) is 11.4 Å². The van der Waals surface area contributed by atoms with Crippen molar-refractivity contribution < 1.29 is 0 Å². The number of hydrogen-bond donors (Lipinski definition) is 1. The van der Waals surface area contributed by atoms with Gasteiger partial charge < -0.3 is 10.6 Å². The number of anilines is 1. The second-order valence-corrected chi connectivity index (χ2v) is 6.54. The van der Waals surface area contributed by atoms with Crippen molar-refractivity contribution in [2.24, 2.45) is 10.7 Å². The molecule has 1 heterocycles. The highest BCUT2D eigenvalue weighted by Crippen LogP contribution is 2.39. The molecule has 0 radical (unpaired) electrons. The highest BCUT2D eigenvalue weighted by molar-refractivity contribution is 9.10. The molecule has 102 valence electrons. The highest BCUT2D eigenvalue weighted by Gasteiger charge is 2.42. The summed E-state index contributed by atoms with van der Waals surface area (Å²) in [6.07, 6.45) is 7.65. The van der Waals surface area contributed by atoms with Gasteiger partial charge in [0, 0.05) is 10.2 Å². The van der Waals surface area contributed by atoms with Crippen LogP contribution in [-0.4, -0.2) is 18.0 Å². The molecule has 3 nitrogen and oxygen atoms in total. The van der Waals surface area contributed by atoms with E-state index < -0.39 is 0 Å². The smallest absolute Gasteiger partial charge is 0.196 e. The molecule has 4 heteroatoms. The van der Waals surface area contributed by atoms with Gasteiger partial charge in [-0.15, -0.1) is 0 Å². The molecule has 0 bridgehead atoms. The lowest BCUT2D eigenvalue weighted by atomic mass is 9.89. The van der Waals surface area contributed by atoms with Gasteiger partial charge in [0.25, 0.3) is 0 Å². The van der Waals surface area contributed by atoms with E-state index in [1.165, 1.54) is 38.5 Å². The van der Waals surface area contributed by atoms with E-state index in [0.29, 0.717) is 5.96 Å². The van der Waals surface area contributed by atoms with Crippen LogP contribution in [0.15, 0.2) is 33.7 Å². The topological polar surface area (TPSA) is 41.6 Å². The number of nitrogens with zero attached hydrogens (tertiary/aromatic N) is 2. The largest absolute Gasteiger partial charge is 0.369 e. The number of halogens is 1. The second kappa shape index (κ2) is 5.16. The molecule has 19 heavy (non-hydrogen) atoms. The van der Waals surface area contributed by atoms with E-state index in [4.69, 9.17) is 5.73 Å². The summed E-state index contributed by atoms with van der Waals surface area (Å²) >= 11 is 3.55. The van der Waals surface area contributed by atoms with Gasteiger partial charge in [0.1, 0.15) is 0 Å². The molecule has 0 amide bonds. The van der Waals surface area contributed by atoms with Crippen LogP contribution < -0.4 is 10.6 Å². The molecule has 0 aromatic heterocycles. The summed E-state index contributed by atoms with van der Waals surface area (Å²) in [6, 6.07) is 8.38. The molecule has 2 aliphatic rings. The van der Waals surface area contributed by atoms with Crippen LogP contribution in [0.25, 0.3) is 0 Å². The van der Waals surface area contributed by atoms with E-state index in [-0.39, 0.29) is 5.54 Å². The fraction of sp³-hybridized carbons (Fsp3) is 0.533. The summed E-state index contributed by atoms with van der Waals surface area (Å²) in [5.41, 5.74) is 7.47. The number of nitrogens with two attached hydrogens (primary N) is 1. The van der Waals surface area contributed by atoms with Gasteiger partial charge in [-0.25, -0.2) is 0 Å². The summed E-state index contributed by atoms with van der Waals surface area (Å²) < 4.78 is 1.09. The van der Waals surface area contributed by atoms with E-state index in [1.807, 2.05) is 6.07 Å². The minimum atomic E-state index is 0.126. The number of hydrogen-bond acceptors (Lipinski definition) is 3. The standard InChI is InChI=1S/C15H20BrN3/c16-12-6-5-7-13(10-12)19-14(17)18-11-15(19)8-3-1-2-4-9-15/h5-7,10H,1-4,8-9,11H2,(H2,17,18). The maximum absolute atomic E-state index is 6.18. The van der Waals surface area contributed by atoms with Crippen molar-refractivity contribution in [1.82, 2.24) is 0 Å². The molecule has 1 aliphatic carbocycles. The van der Waals surface area contributed by atoms with E-state index >= 15 is 0 Å². The van der Waals surface area contributed by atoms with Crippen LogP contribution in [0.1, 0.15) is 38.5 Å². The van der Waals surface area contributed by atoms with Crippen molar-refractivity contribution in [1.29, 1.82) is 0 Å². The molecular formula is C15H20BrN3. The normalized spacial score (nSPS) is 22.4. The molecule has 1 fully saturated rings. The van der Waals surface area contributed by atoms with Crippen molar-refractivity contribution in [3.63, 3.8) is 0 Å². The van der Waals surface area contributed by atoms with Gasteiger partial charge in [0.05, 0.1) is 12.1 Å². The van der Waals surface area contributed by atoms with Gasteiger partial charge in [-0.2, -0.15) is 0 Å². The van der Waals surface area contributed by atoms with Gasteiger partial charge in [-0.3, -0.25) is 4.99 Å². The molecule has 0 unspecified atom stereocenters. The Morgan fingerprint density at radius 1 is 1.16 bits per heavy atom. The van der Waals surface area contributed by atoms with Crippen LogP contribution in [0.3, 0.4) is 0 Å². The Hall–Kier alpha value is -1.03. The van der Waals surface area contributed by atoms with Crippen molar-refractivity contribution in [3.05, 3.63) is 28.7 Å². The van der Waals surface area contributed by atoms with Gasteiger partial charge in [0.15, 0.2) is 5.96 Å². The number of aliphatic imine (C=N–C) groups is 1. The predicted octanol–water partition coefficient (Wildman–Crippen LogP) is 3.68. The summed E-state index contributed by atoms with van der Waals surface area (Å²) in [5.74, 6) is 0.681. The molecule has 0 saturated heterocycles. The van der Waals surface area contributed by atoms with Gasteiger partial charge in [-0.05, 0) is 31.0 Å². The van der Waals surface area contributed by atoms with Crippen LogP contribution in [0, 0.1) is 0 Å². The third kappa shape index (κ3) is 2.38. The predicted molar refractivity (Wildman–Crippen MR) is 83.5 cm³/mol. The number of benzene rings is 1. The van der Waals surface area contributed by atoms with Crippen LogP contribution >= 0.6 is 15.9 Å². The van der Waals surface area contributed by atoms with Crippen LogP contribution in [0.4, 0.5) is 5.69 Å². The van der Waals surface area contributed by atoms with E-state index in [1.54, 1.807) is 0 Å². The first-order chi connectivity index (χ1) is 9.21. The Kier molecular flexibility index (Phi) is 3.52. The van der Waals surface area contributed by atoms with Crippen LogP contribution in [-0.2, 0) is 0 Å². The Bertz CT molecular complexity index is 490. The maximum atomic E-state index is 6.18. The van der Waals surface area contributed by atoms with E-state index in [0.717, 1.165) is 16.7 Å². The average molecular weight is 322 g/mol. The van der Waals surface area contributed by atoms with Crippen molar-refractivity contribution >= 4 is 27.6 Å². The van der Waals surface area contributed by atoms with Gasteiger partial charge in [-0.1, -0.05) is 47.7 Å². The monoisotopic (exact) mass is 321 g/mol. The van der Waals surface area contributed by atoms with E-state index in [9.17, 15) is 0 Å². The van der Waals surface area contributed by atoms with Crippen molar-refractivity contribution in [2.45, 2.75) is 44.1 Å². The molecule has 3 rings (SSSR count). The highest BCUT2D eigenvalue weighted by atomic mass is 79.9. The number of rotatable bonds is 1. The lowest BCUT2D eigenvalue weighted by molar-refractivity contribution is 0.400. The maximum Gasteiger partial charge on any atom is 0.196 e. The lowest BCUT2D eigenvalue weighted by Crippen LogP contribution is -2.51. The minimum absolute atomic E-state index is 0.126. The summed E-state index contributed by atoms with van der Waals surface area (Å²) in [7, 11) is 0. The third-order valence-corrected chi connectivity index (χ3v) is 4.83. The molecular weight excluding hydrogens is 302 g/mol. The zero-order valence-electron chi connectivity index (χ0n) is 11.1. The molecule has 1 aromatic carbocycles. The molecule has 1 saturated carbocycles. The molecule has 0 atom stereocenters. The van der Waals surface area contributed by atoms with E-state index in [2.05, 4.69) is 44.0 Å². The fourth-order valence-corrected chi connectivity index (χ4v) is 3.79. The second-order valence-electron chi connectivity index (χ2n) is 5.63. The van der Waals surface area contributed by atoms with Crippen LogP contribution in [0.2, 0.25) is 0 Å². The lowest BCUT2D eigenvalue weighted by Gasteiger charge is -2.39. The van der Waals surface area contributed by atoms with Gasteiger partial charge >= 0.3 is 0 Å². The summed E-state index contributed by atoms with van der Waals surface area (Å²) in [6.45, 7) is 0.853. The zero-order valence-corrected chi connectivity index (χ0v) is 12.7. The summed E-state index contributed by atoms with van der Waals surface area (Å²) in [4.78, 5) is 6.83. The van der Waals surface area contributed by atoms with Gasteiger partial charge in [0.2, 0.25) is 0 Å². The SMILES string of the molecule is NC1=NCC2(CCCCCC2)N1c1cccc(Br)c1. The minimum Gasteiger partial charge on any atom is -0.369 e. The average Bonchev–Trinajstić information content (AvgIpc) is 2.58. The quantitative estimate of drug-likeness (QED) is 0.857. The third-order valence-electron chi connectivity index (χ3n) is 4.34. The Balaban J connectivity index is 1.97. The molecule has 1 spiro atoms. The first-order valence-electron chi connectivity index (χ1n) is 7.07. The Morgan fingerprint density at radius 3 is 2.58 bits per heavy atom. The summed E-state index contributed by atoms with van der Waals surface area (Å²) in [5, 5.41) is 0. The molecule has 2 N–H and O–H groups in total. The number of guanidine groups is 1. The first kappa shape index (κ1) is 13.0. The first-order valence-corrected chi connectivity index (χ1v) is 7.86. The molecule has 1 aliphatic heterocycles. The Morgan fingerprint density at radius 2 is 1.89 bits per heavy atom. The van der Waals surface area contributed by atoms with Crippen molar-refractivity contribution in [3.8, 4) is 0 Å². The zero-order chi connectivity index (χ0) is 13.3. The Labute approximate surface area is 123 Å².